The van der Waals surface area contributed by atoms with Gasteiger partial charge >= 0.3 is 0 Å². The van der Waals surface area contributed by atoms with Crippen molar-refractivity contribution in [1.29, 1.82) is 0 Å². The molecule has 5 rings (SSSR count). The van der Waals surface area contributed by atoms with Crippen molar-refractivity contribution in [3.05, 3.63) is 100 Å². The Balaban J connectivity index is 1.52. The minimum absolute atomic E-state index is 0.0860. The molecule has 2 aromatic carbocycles. The van der Waals surface area contributed by atoms with Crippen molar-refractivity contribution >= 4 is 17.4 Å². The van der Waals surface area contributed by atoms with Crippen LogP contribution in [0.1, 0.15) is 23.9 Å². The zero-order valence-corrected chi connectivity index (χ0v) is 20.6. The van der Waals surface area contributed by atoms with E-state index in [-0.39, 0.29) is 5.56 Å². The summed E-state index contributed by atoms with van der Waals surface area (Å²) in [5.74, 6) is 2.05. The number of pyridine rings is 1. The smallest absolute Gasteiger partial charge is 0.258 e. The maximum atomic E-state index is 12.7. The topological polar surface area (TPSA) is 74.3 Å². The van der Waals surface area contributed by atoms with Crippen molar-refractivity contribution < 1.29 is 4.74 Å². The molecule has 0 spiro atoms. The lowest BCUT2D eigenvalue weighted by Crippen LogP contribution is -2.17. The van der Waals surface area contributed by atoms with Crippen LogP contribution in [0.3, 0.4) is 0 Å². The number of thioether (sulfide) groups is 1. The van der Waals surface area contributed by atoms with Crippen LogP contribution >= 0.6 is 11.8 Å². The molecule has 3 aromatic heterocycles. The van der Waals surface area contributed by atoms with E-state index in [0.29, 0.717) is 23.7 Å². The summed E-state index contributed by atoms with van der Waals surface area (Å²) in [4.78, 5) is 17.4. The van der Waals surface area contributed by atoms with Gasteiger partial charge in [-0.25, -0.2) is 4.98 Å². The Hall–Kier alpha value is -3.91. The molecule has 35 heavy (non-hydrogen) atoms. The molecule has 7 nitrogen and oxygen atoms in total. The zero-order chi connectivity index (χ0) is 24.4. The summed E-state index contributed by atoms with van der Waals surface area (Å²) >= 11 is 1.50. The van der Waals surface area contributed by atoms with Crippen LogP contribution < -0.4 is 10.3 Å². The monoisotopic (exact) mass is 483 g/mol. The Morgan fingerprint density at radius 2 is 1.74 bits per heavy atom. The predicted octanol–water partition coefficient (Wildman–Crippen LogP) is 5.25. The Morgan fingerprint density at radius 3 is 2.51 bits per heavy atom. The number of hydrogen-bond acceptors (Lipinski definition) is 6. The van der Waals surface area contributed by atoms with Crippen LogP contribution in [0, 0.1) is 13.8 Å². The molecule has 0 saturated heterocycles. The second-order valence-corrected chi connectivity index (χ2v) is 9.12. The van der Waals surface area contributed by atoms with Crippen molar-refractivity contribution in [2.75, 3.05) is 6.61 Å². The molecule has 0 unspecified atom stereocenters. The molecule has 0 aliphatic rings. The summed E-state index contributed by atoms with van der Waals surface area (Å²) in [6.45, 7) is 6.53. The molecule has 0 aliphatic heterocycles. The van der Waals surface area contributed by atoms with E-state index in [4.69, 9.17) is 9.72 Å². The molecule has 0 fully saturated rings. The van der Waals surface area contributed by atoms with Crippen molar-refractivity contribution in [3.8, 4) is 22.8 Å². The van der Waals surface area contributed by atoms with E-state index in [1.54, 1.807) is 10.5 Å². The van der Waals surface area contributed by atoms with Crippen molar-refractivity contribution in [2.24, 2.45) is 0 Å². The van der Waals surface area contributed by atoms with Gasteiger partial charge < -0.3 is 4.74 Å². The van der Waals surface area contributed by atoms with Crippen LogP contribution in [0.5, 0.6) is 5.75 Å². The molecule has 0 saturated carbocycles. The Labute approximate surface area is 207 Å². The van der Waals surface area contributed by atoms with Gasteiger partial charge in [0.15, 0.2) is 11.0 Å². The van der Waals surface area contributed by atoms with E-state index in [0.717, 1.165) is 39.2 Å². The Kier molecular flexibility index (Phi) is 6.37. The highest BCUT2D eigenvalue weighted by Gasteiger charge is 2.17. The third kappa shape index (κ3) is 4.70. The van der Waals surface area contributed by atoms with Crippen LogP contribution in [0.2, 0.25) is 0 Å². The predicted molar refractivity (Wildman–Crippen MR) is 138 cm³/mol. The van der Waals surface area contributed by atoms with Crippen molar-refractivity contribution in [2.45, 2.75) is 31.7 Å². The summed E-state index contributed by atoms with van der Waals surface area (Å²) < 4.78 is 9.27. The average Bonchev–Trinajstić information content (AvgIpc) is 3.27. The highest BCUT2D eigenvalue weighted by atomic mass is 32.2. The summed E-state index contributed by atoms with van der Waals surface area (Å²) in [7, 11) is 0. The van der Waals surface area contributed by atoms with Gasteiger partial charge in [-0.15, -0.1) is 10.2 Å². The van der Waals surface area contributed by atoms with Crippen molar-refractivity contribution in [1.82, 2.24) is 24.1 Å². The highest BCUT2D eigenvalue weighted by molar-refractivity contribution is 7.98. The normalized spacial score (nSPS) is 11.2. The number of aromatic nitrogens is 5. The van der Waals surface area contributed by atoms with Crippen LogP contribution in [-0.2, 0) is 5.75 Å². The van der Waals surface area contributed by atoms with Gasteiger partial charge in [-0.3, -0.25) is 13.8 Å². The number of ether oxygens (including phenoxy) is 1. The lowest BCUT2D eigenvalue weighted by molar-refractivity contribution is 0.340. The molecule has 0 bridgehead atoms. The van der Waals surface area contributed by atoms with Gasteiger partial charge in [-0.05, 0) is 63.2 Å². The number of rotatable bonds is 7. The van der Waals surface area contributed by atoms with E-state index in [2.05, 4.69) is 29.3 Å². The molecular weight excluding hydrogens is 458 g/mol. The summed E-state index contributed by atoms with van der Waals surface area (Å²) in [5, 5.41) is 9.75. The van der Waals surface area contributed by atoms with Gasteiger partial charge in [0.05, 0.1) is 12.3 Å². The quantitative estimate of drug-likeness (QED) is 0.294. The van der Waals surface area contributed by atoms with E-state index in [9.17, 15) is 4.79 Å². The van der Waals surface area contributed by atoms with E-state index < -0.39 is 0 Å². The molecule has 0 atom stereocenters. The minimum Gasteiger partial charge on any atom is -0.494 e. The van der Waals surface area contributed by atoms with Gasteiger partial charge in [0.25, 0.3) is 5.56 Å². The SMILES string of the molecule is CCOc1ccc(-n2c(SCc3cc(=O)n4c(C)cccc4n3)nnc2-c2cccc(C)c2)cc1. The summed E-state index contributed by atoms with van der Waals surface area (Å²) in [6, 6.07) is 23.3. The zero-order valence-electron chi connectivity index (χ0n) is 19.8. The fraction of sp³-hybridized carbons (Fsp3) is 0.185. The van der Waals surface area contributed by atoms with Crippen LogP contribution in [0.25, 0.3) is 22.7 Å². The lowest BCUT2D eigenvalue weighted by atomic mass is 10.1. The number of fused-ring (bicyclic) bond motifs is 1. The van der Waals surface area contributed by atoms with Crippen molar-refractivity contribution in [3.63, 3.8) is 0 Å². The molecular formula is C27H25N5O2S. The van der Waals surface area contributed by atoms with Gasteiger partial charge in [0.2, 0.25) is 0 Å². The van der Waals surface area contributed by atoms with E-state index in [1.807, 2.05) is 73.0 Å². The molecule has 176 valence electrons. The first-order valence-corrected chi connectivity index (χ1v) is 12.4. The Morgan fingerprint density at radius 1 is 0.943 bits per heavy atom. The maximum absolute atomic E-state index is 12.7. The maximum Gasteiger partial charge on any atom is 0.258 e. The first kappa shape index (κ1) is 22.9. The number of hydrogen-bond donors (Lipinski definition) is 0. The molecule has 3 heterocycles. The van der Waals surface area contributed by atoms with Gasteiger partial charge in [0.1, 0.15) is 11.4 Å². The fourth-order valence-electron chi connectivity index (χ4n) is 4.00. The van der Waals surface area contributed by atoms with Gasteiger partial charge in [-0.2, -0.15) is 0 Å². The standard InChI is InChI=1S/C27H25N5O2S/c1-4-34-23-13-11-22(12-14-23)32-26(20-9-5-7-18(2)15-20)29-30-27(32)35-17-21-16-25(33)31-19(3)8-6-10-24(31)28-21/h5-16H,4,17H2,1-3H3. The van der Waals surface area contributed by atoms with Crippen LogP contribution in [0.15, 0.2) is 82.7 Å². The first-order chi connectivity index (χ1) is 17.0. The molecule has 0 radical (unpaired) electrons. The molecule has 0 amide bonds. The third-order valence-electron chi connectivity index (χ3n) is 5.60. The molecule has 5 aromatic rings. The van der Waals surface area contributed by atoms with Gasteiger partial charge in [-0.1, -0.05) is 41.6 Å². The first-order valence-electron chi connectivity index (χ1n) is 11.4. The fourth-order valence-corrected chi connectivity index (χ4v) is 4.85. The second-order valence-electron chi connectivity index (χ2n) is 8.17. The largest absolute Gasteiger partial charge is 0.494 e. The molecule has 0 N–H and O–H groups in total. The average molecular weight is 484 g/mol. The summed E-state index contributed by atoms with van der Waals surface area (Å²) in [6.07, 6.45) is 0. The number of aryl methyl sites for hydroxylation is 2. The molecule has 0 aliphatic carbocycles. The van der Waals surface area contributed by atoms with E-state index >= 15 is 0 Å². The third-order valence-corrected chi connectivity index (χ3v) is 6.56. The number of nitrogens with zero attached hydrogens (tertiary/aromatic N) is 5. The van der Waals surface area contributed by atoms with Gasteiger partial charge in [0, 0.05) is 28.8 Å². The second kappa shape index (κ2) is 9.76. The molecule has 8 heteroatoms. The summed E-state index contributed by atoms with van der Waals surface area (Å²) in [5.41, 5.74) is 5.17. The minimum atomic E-state index is -0.0860. The van der Waals surface area contributed by atoms with E-state index in [1.165, 1.54) is 11.8 Å². The number of benzene rings is 2. The van der Waals surface area contributed by atoms with Crippen LogP contribution in [-0.4, -0.2) is 30.8 Å². The van der Waals surface area contributed by atoms with Crippen LogP contribution in [0.4, 0.5) is 0 Å². The Bertz CT molecular complexity index is 1560. The highest BCUT2D eigenvalue weighted by Crippen LogP contribution is 2.30. The lowest BCUT2D eigenvalue weighted by Gasteiger charge is -2.12.